The second-order valence-electron chi connectivity index (χ2n) is 4.49. The predicted molar refractivity (Wildman–Crippen MR) is 81.8 cm³/mol. The first kappa shape index (κ1) is 14.9. The van der Waals surface area contributed by atoms with Crippen molar-refractivity contribution in [1.82, 2.24) is 0 Å². The fraction of sp³-hybridized carbons (Fsp3) is 0.125. The van der Waals surface area contributed by atoms with E-state index in [1.54, 1.807) is 36.4 Å². The van der Waals surface area contributed by atoms with E-state index >= 15 is 0 Å². The zero-order valence-corrected chi connectivity index (χ0v) is 11.9. The number of nitrogens with one attached hydrogen (secondary N) is 1. The van der Waals surface area contributed by atoms with Gasteiger partial charge in [-0.05, 0) is 42.3 Å². The molecule has 2 N–H and O–H groups in total. The van der Waals surface area contributed by atoms with Crippen molar-refractivity contribution in [3.8, 4) is 6.07 Å². The van der Waals surface area contributed by atoms with Gasteiger partial charge >= 0.3 is 5.97 Å². The summed E-state index contributed by atoms with van der Waals surface area (Å²) in [5.41, 5.74) is 2.50. The maximum Gasteiger partial charge on any atom is 0.335 e. The minimum absolute atomic E-state index is 0.286. The highest BCUT2D eigenvalue weighted by Gasteiger charge is 2.04. The summed E-state index contributed by atoms with van der Waals surface area (Å²) in [6.07, 6.45) is 0.693. The molecule has 0 amide bonds. The summed E-state index contributed by atoms with van der Waals surface area (Å²) in [4.78, 5) is 10.9. The van der Waals surface area contributed by atoms with Gasteiger partial charge in [0.15, 0.2) is 0 Å². The van der Waals surface area contributed by atoms with E-state index in [-0.39, 0.29) is 5.56 Å². The number of nitriles is 1. The van der Waals surface area contributed by atoms with Crippen molar-refractivity contribution in [1.29, 1.82) is 5.26 Å². The number of anilines is 1. The Hall–Kier alpha value is -2.51. The van der Waals surface area contributed by atoms with Gasteiger partial charge in [0.2, 0.25) is 0 Å². The molecular weight excluding hydrogens is 288 g/mol. The van der Waals surface area contributed by atoms with Gasteiger partial charge in [0, 0.05) is 12.2 Å². The lowest BCUT2D eigenvalue weighted by atomic mass is 10.1. The highest BCUT2D eigenvalue weighted by atomic mass is 35.5. The van der Waals surface area contributed by atoms with Gasteiger partial charge in [-0.1, -0.05) is 23.7 Å². The van der Waals surface area contributed by atoms with Crippen molar-refractivity contribution in [3.05, 3.63) is 64.2 Å². The number of benzene rings is 2. The van der Waals surface area contributed by atoms with Crippen molar-refractivity contribution in [2.75, 3.05) is 11.9 Å². The Morgan fingerprint density at radius 1 is 1.29 bits per heavy atom. The van der Waals surface area contributed by atoms with Crippen LogP contribution in [0, 0.1) is 11.3 Å². The van der Waals surface area contributed by atoms with Crippen LogP contribution >= 0.6 is 11.6 Å². The Bertz CT molecular complexity index is 708. The Morgan fingerprint density at radius 3 is 2.76 bits per heavy atom. The molecule has 0 aromatic heterocycles. The molecule has 0 aliphatic heterocycles. The van der Waals surface area contributed by atoms with Crippen LogP contribution < -0.4 is 5.32 Å². The molecule has 0 atom stereocenters. The fourth-order valence-corrected chi connectivity index (χ4v) is 2.15. The second-order valence-corrected chi connectivity index (χ2v) is 4.90. The summed E-state index contributed by atoms with van der Waals surface area (Å²) in [5.74, 6) is -0.927. The highest BCUT2D eigenvalue weighted by molar-refractivity contribution is 6.32. The lowest BCUT2D eigenvalue weighted by Crippen LogP contribution is -2.06. The summed E-state index contributed by atoms with van der Waals surface area (Å²) < 4.78 is 0. The molecule has 0 aliphatic carbocycles. The average Bonchev–Trinajstić information content (AvgIpc) is 2.48. The number of halogens is 1. The summed E-state index contributed by atoms with van der Waals surface area (Å²) in [5, 5.41) is 21.3. The van der Waals surface area contributed by atoms with Crippen LogP contribution in [0.3, 0.4) is 0 Å². The van der Waals surface area contributed by atoms with E-state index in [1.807, 2.05) is 12.1 Å². The van der Waals surface area contributed by atoms with Gasteiger partial charge in [0.05, 0.1) is 16.1 Å². The summed E-state index contributed by atoms with van der Waals surface area (Å²) >= 11 is 5.95. The lowest BCUT2D eigenvalue weighted by molar-refractivity contribution is 0.0697. The molecule has 0 saturated carbocycles. The number of hydrogen-bond acceptors (Lipinski definition) is 3. The molecule has 21 heavy (non-hydrogen) atoms. The number of carbonyl (C=O) groups is 1. The molecule has 0 bridgehead atoms. The molecule has 0 aliphatic rings. The molecule has 0 heterocycles. The van der Waals surface area contributed by atoms with Crippen LogP contribution in [0.15, 0.2) is 42.5 Å². The van der Waals surface area contributed by atoms with E-state index in [0.29, 0.717) is 23.6 Å². The first-order valence-corrected chi connectivity index (χ1v) is 6.73. The molecule has 5 heteroatoms. The van der Waals surface area contributed by atoms with Crippen molar-refractivity contribution in [2.24, 2.45) is 0 Å². The average molecular weight is 301 g/mol. The largest absolute Gasteiger partial charge is 0.478 e. The van der Waals surface area contributed by atoms with Crippen LogP contribution in [0.2, 0.25) is 5.02 Å². The number of carboxylic acid groups (broad SMARTS) is 1. The minimum Gasteiger partial charge on any atom is -0.478 e. The van der Waals surface area contributed by atoms with Crippen LogP contribution in [-0.4, -0.2) is 17.6 Å². The van der Waals surface area contributed by atoms with Gasteiger partial charge in [-0.25, -0.2) is 4.79 Å². The molecular formula is C16H13ClN2O2. The number of carboxylic acids is 1. The summed E-state index contributed by atoms with van der Waals surface area (Å²) in [7, 11) is 0. The molecule has 106 valence electrons. The zero-order valence-electron chi connectivity index (χ0n) is 11.1. The van der Waals surface area contributed by atoms with Gasteiger partial charge in [0.1, 0.15) is 6.07 Å². The first-order valence-electron chi connectivity index (χ1n) is 6.36. The number of nitrogens with zero attached hydrogens (tertiary/aromatic N) is 1. The molecule has 0 spiro atoms. The Kier molecular flexibility index (Phi) is 4.81. The topological polar surface area (TPSA) is 73.1 Å². The monoisotopic (exact) mass is 300 g/mol. The zero-order chi connectivity index (χ0) is 15.2. The van der Waals surface area contributed by atoms with E-state index in [4.69, 9.17) is 22.0 Å². The standard InChI is InChI=1S/C16H13ClN2O2/c17-15-9-14(5-4-13(15)10-18)19-7-6-11-2-1-3-12(8-11)16(20)21/h1-5,8-9,19H,6-7H2,(H,20,21). The van der Waals surface area contributed by atoms with Crippen molar-refractivity contribution in [3.63, 3.8) is 0 Å². The minimum atomic E-state index is -0.927. The molecule has 0 saturated heterocycles. The lowest BCUT2D eigenvalue weighted by Gasteiger charge is -2.08. The Balaban J connectivity index is 1.95. The fourth-order valence-electron chi connectivity index (χ4n) is 1.93. The summed E-state index contributed by atoms with van der Waals surface area (Å²) in [6.45, 7) is 0.644. The van der Waals surface area contributed by atoms with Crippen LogP contribution in [0.4, 0.5) is 5.69 Å². The van der Waals surface area contributed by atoms with Crippen LogP contribution in [-0.2, 0) is 6.42 Å². The molecule has 2 aromatic carbocycles. The quantitative estimate of drug-likeness (QED) is 0.885. The van der Waals surface area contributed by atoms with Gasteiger partial charge in [-0.3, -0.25) is 0 Å². The summed E-state index contributed by atoms with van der Waals surface area (Å²) in [6, 6.07) is 14.0. The first-order chi connectivity index (χ1) is 10.1. The third kappa shape index (κ3) is 3.98. The van der Waals surface area contributed by atoms with Gasteiger partial charge in [0.25, 0.3) is 0 Å². The Morgan fingerprint density at radius 2 is 2.10 bits per heavy atom. The van der Waals surface area contributed by atoms with Gasteiger partial charge in [-0.2, -0.15) is 5.26 Å². The normalized spacial score (nSPS) is 9.90. The van der Waals surface area contributed by atoms with Crippen molar-refractivity contribution in [2.45, 2.75) is 6.42 Å². The highest BCUT2D eigenvalue weighted by Crippen LogP contribution is 2.20. The molecule has 2 aromatic rings. The number of aromatic carboxylic acids is 1. The molecule has 0 radical (unpaired) electrons. The smallest absolute Gasteiger partial charge is 0.335 e. The molecule has 0 fully saturated rings. The molecule has 2 rings (SSSR count). The van der Waals surface area contributed by atoms with E-state index in [0.717, 1.165) is 11.3 Å². The maximum atomic E-state index is 10.9. The van der Waals surface area contributed by atoms with Crippen LogP contribution in [0.1, 0.15) is 21.5 Å². The second kappa shape index (κ2) is 6.78. The molecule has 0 unspecified atom stereocenters. The van der Waals surface area contributed by atoms with Crippen molar-refractivity contribution >= 4 is 23.3 Å². The van der Waals surface area contributed by atoms with E-state index in [2.05, 4.69) is 5.32 Å². The SMILES string of the molecule is N#Cc1ccc(NCCc2cccc(C(=O)O)c2)cc1Cl. The van der Waals surface area contributed by atoms with Crippen LogP contribution in [0.5, 0.6) is 0 Å². The van der Waals surface area contributed by atoms with Crippen LogP contribution in [0.25, 0.3) is 0 Å². The van der Waals surface area contributed by atoms with Crippen molar-refractivity contribution < 1.29 is 9.90 Å². The number of rotatable bonds is 5. The Labute approximate surface area is 127 Å². The van der Waals surface area contributed by atoms with E-state index in [9.17, 15) is 4.79 Å². The van der Waals surface area contributed by atoms with E-state index < -0.39 is 5.97 Å². The van der Waals surface area contributed by atoms with Gasteiger partial charge in [-0.15, -0.1) is 0 Å². The number of hydrogen-bond donors (Lipinski definition) is 2. The van der Waals surface area contributed by atoms with Gasteiger partial charge < -0.3 is 10.4 Å². The third-order valence-corrected chi connectivity index (χ3v) is 3.32. The molecule has 4 nitrogen and oxygen atoms in total. The predicted octanol–water partition coefficient (Wildman–Crippen LogP) is 3.56. The maximum absolute atomic E-state index is 10.9. The van der Waals surface area contributed by atoms with E-state index in [1.165, 1.54) is 0 Å². The third-order valence-electron chi connectivity index (χ3n) is 3.01.